The molecule has 0 radical (unpaired) electrons. The summed E-state index contributed by atoms with van der Waals surface area (Å²) in [6.07, 6.45) is 26.6. The smallest absolute Gasteiger partial charge is 0.407 e. The maximum absolute atomic E-state index is 12.7. The van der Waals surface area contributed by atoms with Gasteiger partial charge in [0.25, 0.3) is 0 Å². The number of amides is 1. The first-order chi connectivity index (χ1) is 24.4. The van der Waals surface area contributed by atoms with E-state index in [-0.39, 0.29) is 31.6 Å². The van der Waals surface area contributed by atoms with E-state index in [4.69, 9.17) is 18.9 Å². The van der Waals surface area contributed by atoms with Crippen LogP contribution < -0.4 is 5.32 Å². The molecule has 0 saturated heterocycles. The van der Waals surface area contributed by atoms with Crippen LogP contribution in [0.15, 0.2) is 0 Å². The van der Waals surface area contributed by atoms with E-state index < -0.39 is 23.4 Å². The number of alkyl carbamates (subject to hydrolysis) is 1. The second-order valence-electron chi connectivity index (χ2n) is 15.8. The standard InChI is InChI=1S/C42H81NO8/c1-7-9-11-13-15-17-19-21-23-25-27-29-38(44)48-35-37(51-39(45)30-28-26-24-22-20-18-16-14-12-10-8-2)36-49-40(46)43-33-31-42(5,6)50-34-32-41(3,4)47/h37,47H,7-36H2,1-6H3,(H,43,46). The fourth-order valence-electron chi connectivity index (χ4n) is 5.82. The molecule has 1 unspecified atom stereocenters. The van der Waals surface area contributed by atoms with E-state index in [9.17, 15) is 19.5 Å². The Balaban J connectivity index is 4.53. The molecule has 0 aromatic carbocycles. The van der Waals surface area contributed by atoms with Crippen molar-refractivity contribution in [2.75, 3.05) is 26.4 Å². The fourth-order valence-corrected chi connectivity index (χ4v) is 5.82. The zero-order chi connectivity index (χ0) is 38.1. The maximum Gasteiger partial charge on any atom is 0.407 e. The van der Waals surface area contributed by atoms with Gasteiger partial charge in [0.05, 0.1) is 17.8 Å². The van der Waals surface area contributed by atoms with Crippen molar-refractivity contribution in [1.82, 2.24) is 5.32 Å². The van der Waals surface area contributed by atoms with Crippen molar-refractivity contribution in [2.24, 2.45) is 0 Å². The topological polar surface area (TPSA) is 120 Å². The van der Waals surface area contributed by atoms with E-state index in [1.807, 2.05) is 13.8 Å². The highest BCUT2D eigenvalue weighted by Crippen LogP contribution is 2.17. The van der Waals surface area contributed by atoms with Crippen LogP contribution in [0, 0.1) is 0 Å². The van der Waals surface area contributed by atoms with Gasteiger partial charge in [-0.1, -0.05) is 142 Å². The first-order valence-corrected chi connectivity index (χ1v) is 21.0. The second kappa shape index (κ2) is 32.8. The Kier molecular flexibility index (Phi) is 31.6. The molecule has 0 aromatic heterocycles. The van der Waals surface area contributed by atoms with Gasteiger partial charge in [-0.3, -0.25) is 9.59 Å². The Hall–Kier alpha value is -1.87. The van der Waals surface area contributed by atoms with Crippen molar-refractivity contribution >= 4 is 18.0 Å². The normalized spacial score (nSPS) is 12.5. The molecule has 0 spiro atoms. The van der Waals surface area contributed by atoms with Crippen molar-refractivity contribution in [2.45, 2.75) is 226 Å². The highest BCUT2D eigenvalue weighted by atomic mass is 16.6. The van der Waals surface area contributed by atoms with Crippen LogP contribution in [0.2, 0.25) is 0 Å². The molecular formula is C42H81NO8. The fraction of sp³-hybridized carbons (Fsp3) is 0.929. The molecule has 0 fully saturated rings. The summed E-state index contributed by atoms with van der Waals surface area (Å²) < 4.78 is 22.3. The van der Waals surface area contributed by atoms with Crippen LogP contribution >= 0.6 is 0 Å². The number of carbonyl (C=O) groups excluding carboxylic acids is 3. The molecule has 0 aliphatic heterocycles. The minimum absolute atomic E-state index is 0.143. The summed E-state index contributed by atoms with van der Waals surface area (Å²) in [6, 6.07) is 0. The Morgan fingerprint density at radius 3 is 1.43 bits per heavy atom. The van der Waals surface area contributed by atoms with Crippen LogP contribution in [0.1, 0.15) is 208 Å². The maximum atomic E-state index is 12.7. The number of unbranched alkanes of at least 4 members (excludes halogenated alkanes) is 20. The summed E-state index contributed by atoms with van der Waals surface area (Å²) in [4.78, 5) is 37.6. The predicted molar refractivity (Wildman–Crippen MR) is 208 cm³/mol. The van der Waals surface area contributed by atoms with Gasteiger partial charge in [0, 0.05) is 19.4 Å². The third kappa shape index (κ3) is 36.3. The molecule has 1 amide bonds. The van der Waals surface area contributed by atoms with Crippen molar-refractivity contribution in [3.8, 4) is 0 Å². The number of hydrogen-bond acceptors (Lipinski definition) is 8. The second-order valence-corrected chi connectivity index (χ2v) is 15.8. The molecule has 0 aromatic rings. The number of aliphatic hydroxyl groups is 1. The largest absolute Gasteiger partial charge is 0.462 e. The van der Waals surface area contributed by atoms with Gasteiger partial charge in [-0.05, 0) is 53.4 Å². The molecular weight excluding hydrogens is 646 g/mol. The molecule has 9 nitrogen and oxygen atoms in total. The van der Waals surface area contributed by atoms with Crippen molar-refractivity contribution in [3.05, 3.63) is 0 Å². The first kappa shape index (κ1) is 49.1. The summed E-state index contributed by atoms with van der Waals surface area (Å²) in [5, 5.41) is 12.6. The summed E-state index contributed by atoms with van der Waals surface area (Å²) in [5.74, 6) is -0.695. The molecule has 2 N–H and O–H groups in total. The van der Waals surface area contributed by atoms with Gasteiger partial charge < -0.3 is 29.4 Å². The van der Waals surface area contributed by atoms with Gasteiger partial charge in [0.1, 0.15) is 13.2 Å². The van der Waals surface area contributed by atoms with Crippen molar-refractivity contribution < 1.29 is 38.4 Å². The highest BCUT2D eigenvalue weighted by Gasteiger charge is 2.22. The van der Waals surface area contributed by atoms with E-state index in [1.165, 1.54) is 103 Å². The van der Waals surface area contributed by atoms with Gasteiger partial charge in [-0.2, -0.15) is 0 Å². The average Bonchev–Trinajstić information content (AvgIpc) is 3.06. The highest BCUT2D eigenvalue weighted by molar-refractivity contribution is 5.70. The SMILES string of the molecule is CCCCCCCCCCCCCC(=O)OCC(COC(=O)NCCC(C)(C)OCCC(C)(C)O)OC(=O)CCCCCCCCCCCCC. The van der Waals surface area contributed by atoms with Gasteiger partial charge in [-0.25, -0.2) is 4.79 Å². The summed E-state index contributed by atoms with van der Waals surface area (Å²) in [6.45, 7) is 12.2. The Bertz CT molecular complexity index is 841. The van der Waals surface area contributed by atoms with Crippen LogP contribution in [-0.4, -0.2) is 66.8 Å². The van der Waals surface area contributed by atoms with Gasteiger partial charge in [0.2, 0.25) is 0 Å². The van der Waals surface area contributed by atoms with Crippen LogP contribution in [0.3, 0.4) is 0 Å². The molecule has 1 atom stereocenters. The number of hydrogen-bond donors (Lipinski definition) is 2. The van der Waals surface area contributed by atoms with Crippen LogP contribution in [0.5, 0.6) is 0 Å². The van der Waals surface area contributed by atoms with Crippen LogP contribution in [0.25, 0.3) is 0 Å². The number of esters is 2. The lowest BCUT2D eigenvalue weighted by atomic mass is 10.0. The van der Waals surface area contributed by atoms with E-state index in [0.717, 1.165) is 38.5 Å². The summed E-state index contributed by atoms with van der Waals surface area (Å²) in [7, 11) is 0. The van der Waals surface area contributed by atoms with E-state index in [0.29, 0.717) is 32.4 Å². The quantitative estimate of drug-likeness (QED) is 0.0372. The van der Waals surface area contributed by atoms with Gasteiger partial charge in [-0.15, -0.1) is 0 Å². The Morgan fingerprint density at radius 2 is 0.980 bits per heavy atom. The third-order valence-corrected chi connectivity index (χ3v) is 9.30. The summed E-state index contributed by atoms with van der Waals surface area (Å²) >= 11 is 0. The first-order valence-electron chi connectivity index (χ1n) is 21.0. The van der Waals surface area contributed by atoms with Crippen LogP contribution in [-0.2, 0) is 28.5 Å². The lowest BCUT2D eigenvalue weighted by molar-refractivity contribution is -0.161. The van der Waals surface area contributed by atoms with E-state index >= 15 is 0 Å². The lowest BCUT2D eigenvalue weighted by Crippen LogP contribution is -2.36. The molecule has 51 heavy (non-hydrogen) atoms. The number of ether oxygens (including phenoxy) is 4. The molecule has 0 rings (SSSR count). The molecule has 9 heteroatoms. The zero-order valence-corrected chi connectivity index (χ0v) is 34.1. The molecule has 302 valence electrons. The molecule has 0 saturated carbocycles. The minimum Gasteiger partial charge on any atom is -0.462 e. The molecule has 0 aliphatic carbocycles. The number of rotatable bonds is 36. The van der Waals surface area contributed by atoms with Crippen molar-refractivity contribution in [3.63, 3.8) is 0 Å². The van der Waals surface area contributed by atoms with Gasteiger partial charge >= 0.3 is 18.0 Å². The third-order valence-electron chi connectivity index (χ3n) is 9.30. The Labute approximate surface area is 313 Å². The number of nitrogens with one attached hydrogen (secondary N) is 1. The minimum atomic E-state index is -0.862. The molecule has 0 bridgehead atoms. The monoisotopic (exact) mass is 728 g/mol. The Morgan fingerprint density at radius 1 is 0.569 bits per heavy atom. The lowest BCUT2D eigenvalue weighted by Gasteiger charge is -2.27. The van der Waals surface area contributed by atoms with E-state index in [1.54, 1.807) is 13.8 Å². The van der Waals surface area contributed by atoms with Crippen LogP contribution in [0.4, 0.5) is 4.79 Å². The molecule has 0 heterocycles. The number of carbonyl (C=O) groups is 3. The zero-order valence-electron chi connectivity index (χ0n) is 34.1. The predicted octanol–water partition coefficient (Wildman–Crippen LogP) is 10.9. The average molecular weight is 728 g/mol. The summed E-state index contributed by atoms with van der Waals surface area (Å²) in [5.41, 5.74) is -1.29. The van der Waals surface area contributed by atoms with Gasteiger partial charge in [0.15, 0.2) is 6.10 Å². The van der Waals surface area contributed by atoms with E-state index in [2.05, 4.69) is 19.2 Å². The molecule has 0 aliphatic rings. The van der Waals surface area contributed by atoms with Crippen molar-refractivity contribution in [1.29, 1.82) is 0 Å².